The highest BCUT2D eigenvalue weighted by Gasteiger charge is 2.08. The van der Waals surface area contributed by atoms with Gasteiger partial charge in [-0.15, -0.1) is 0 Å². The van der Waals surface area contributed by atoms with Crippen molar-refractivity contribution in [2.75, 3.05) is 4.72 Å². The van der Waals surface area contributed by atoms with E-state index in [4.69, 9.17) is 5.26 Å². The fraction of sp³-hybridized carbons (Fsp3) is 0.0667. The molecule has 0 saturated heterocycles. The number of hydrogen-bond donors (Lipinski definition) is 2. The van der Waals surface area contributed by atoms with Gasteiger partial charge >= 0.3 is 0 Å². The van der Waals surface area contributed by atoms with Gasteiger partial charge < -0.3 is 4.72 Å². The molecular formula is C15H11FN4S. The molecule has 0 saturated carbocycles. The third-order valence-electron chi connectivity index (χ3n) is 3.04. The highest BCUT2D eigenvalue weighted by molar-refractivity contribution is 8.00. The zero-order valence-corrected chi connectivity index (χ0v) is 12.0. The fourth-order valence-corrected chi connectivity index (χ4v) is 2.71. The highest BCUT2D eigenvalue weighted by Crippen LogP contribution is 2.28. The third kappa shape index (κ3) is 2.69. The van der Waals surface area contributed by atoms with E-state index in [1.165, 1.54) is 18.0 Å². The summed E-state index contributed by atoms with van der Waals surface area (Å²) < 4.78 is 16.7. The number of aryl methyl sites for hydroxylation is 1. The van der Waals surface area contributed by atoms with Crippen molar-refractivity contribution in [2.24, 2.45) is 0 Å². The molecule has 0 atom stereocenters. The third-order valence-corrected chi connectivity index (χ3v) is 3.87. The Labute approximate surface area is 125 Å². The summed E-state index contributed by atoms with van der Waals surface area (Å²) in [7, 11) is 0. The molecule has 0 fully saturated rings. The standard InChI is InChI=1S/C15H11FN4S/c1-9-2-4-11-14(6-9)18-19-15(11)21-20-13-5-3-10(8-17)7-12(13)16/h2-7,20H,1H3,(H,18,19). The second-order valence-electron chi connectivity index (χ2n) is 4.59. The van der Waals surface area contributed by atoms with Crippen molar-refractivity contribution in [1.29, 1.82) is 5.26 Å². The lowest BCUT2D eigenvalue weighted by atomic mass is 10.2. The van der Waals surface area contributed by atoms with Gasteiger partial charge in [-0.3, -0.25) is 5.10 Å². The summed E-state index contributed by atoms with van der Waals surface area (Å²) in [6.45, 7) is 2.01. The quantitative estimate of drug-likeness (QED) is 0.717. The van der Waals surface area contributed by atoms with Crippen molar-refractivity contribution in [2.45, 2.75) is 11.9 Å². The Morgan fingerprint density at radius 2 is 2.14 bits per heavy atom. The molecule has 0 radical (unpaired) electrons. The molecule has 6 heteroatoms. The molecule has 0 unspecified atom stereocenters. The Morgan fingerprint density at radius 1 is 1.29 bits per heavy atom. The van der Waals surface area contributed by atoms with Crippen molar-refractivity contribution < 1.29 is 4.39 Å². The van der Waals surface area contributed by atoms with Crippen LogP contribution in [0.3, 0.4) is 0 Å². The average molecular weight is 298 g/mol. The second-order valence-corrected chi connectivity index (χ2v) is 5.38. The fourth-order valence-electron chi connectivity index (χ4n) is 1.96. The Morgan fingerprint density at radius 3 is 2.90 bits per heavy atom. The summed E-state index contributed by atoms with van der Waals surface area (Å²) in [5.74, 6) is -0.461. The summed E-state index contributed by atoms with van der Waals surface area (Å²) in [5.41, 5.74) is 2.71. The predicted octanol–water partition coefficient (Wildman–Crippen LogP) is 4.00. The molecule has 104 valence electrons. The number of rotatable bonds is 3. The van der Waals surface area contributed by atoms with Crippen LogP contribution in [0.4, 0.5) is 10.1 Å². The van der Waals surface area contributed by atoms with E-state index in [0.29, 0.717) is 11.3 Å². The summed E-state index contributed by atoms with van der Waals surface area (Å²) in [5, 5.41) is 17.6. The largest absolute Gasteiger partial charge is 0.322 e. The van der Waals surface area contributed by atoms with Crippen molar-refractivity contribution in [3.05, 3.63) is 53.3 Å². The average Bonchev–Trinajstić information content (AvgIpc) is 2.88. The molecule has 1 heterocycles. The number of halogens is 1. The van der Waals surface area contributed by atoms with E-state index in [1.54, 1.807) is 12.1 Å². The predicted molar refractivity (Wildman–Crippen MR) is 81.4 cm³/mol. The van der Waals surface area contributed by atoms with Crippen molar-refractivity contribution in [3.63, 3.8) is 0 Å². The minimum atomic E-state index is -0.461. The summed E-state index contributed by atoms with van der Waals surface area (Å²) >= 11 is 1.23. The van der Waals surface area contributed by atoms with Crippen LogP contribution in [-0.2, 0) is 0 Å². The summed E-state index contributed by atoms with van der Waals surface area (Å²) in [6, 6.07) is 12.2. The van der Waals surface area contributed by atoms with Gasteiger partial charge in [-0.05, 0) is 42.8 Å². The molecule has 0 bridgehead atoms. The molecule has 3 rings (SSSR count). The van der Waals surface area contributed by atoms with Crippen LogP contribution in [0.1, 0.15) is 11.1 Å². The van der Waals surface area contributed by atoms with Crippen LogP contribution in [0.25, 0.3) is 10.9 Å². The van der Waals surface area contributed by atoms with Crippen LogP contribution in [0.2, 0.25) is 0 Å². The smallest absolute Gasteiger partial charge is 0.148 e. The number of nitrogens with zero attached hydrogens (tertiary/aromatic N) is 2. The van der Waals surface area contributed by atoms with Gasteiger partial charge in [0.2, 0.25) is 0 Å². The Kier molecular flexibility index (Phi) is 3.50. The molecule has 0 aliphatic heterocycles. The van der Waals surface area contributed by atoms with E-state index in [2.05, 4.69) is 14.9 Å². The number of H-pyrrole nitrogens is 1. The van der Waals surface area contributed by atoms with E-state index >= 15 is 0 Å². The second kappa shape index (κ2) is 5.46. The molecule has 0 aliphatic carbocycles. The maximum absolute atomic E-state index is 13.8. The summed E-state index contributed by atoms with van der Waals surface area (Å²) in [4.78, 5) is 0. The lowest BCUT2D eigenvalue weighted by Gasteiger charge is -2.05. The molecule has 1 aromatic heterocycles. The van der Waals surface area contributed by atoms with E-state index in [-0.39, 0.29) is 0 Å². The first-order valence-corrected chi connectivity index (χ1v) is 7.06. The first kappa shape index (κ1) is 13.5. The molecule has 0 amide bonds. The monoisotopic (exact) mass is 298 g/mol. The first-order chi connectivity index (χ1) is 10.2. The Balaban J connectivity index is 1.82. The van der Waals surface area contributed by atoms with E-state index in [1.807, 2.05) is 31.2 Å². The molecule has 0 aliphatic rings. The van der Waals surface area contributed by atoms with Crippen LogP contribution in [0.5, 0.6) is 0 Å². The minimum absolute atomic E-state index is 0.295. The molecule has 3 aromatic rings. The van der Waals surface area contributed by atoms with Crippen molar-refractivity contribution in [3.8, 4) is 6.07 Å². The van der Waals surface area contributed by atoms with Crippen molar-refractivity contribution >= 4 is 28.5 Å². The molecule has 21 heavy (non-hydrogen) atoms. The van der Waals surface area contributed by atoms with Gasteiger partial charge in [0.1, 0.15) is 10.8 Å². The van der Waals surface area contributed by atoms with Gasteiger partial charge in [-0.1, -0.05) is 6.07 Å². The van der Waals surface area contributed by atoms with Crippen LogP contribution >= 0.6 is 11.9 Å². The van der Waals surface area contributed by atoms with E-state index in [0.717, 1.165) is 21.5 Å². The Bertz CT molecular complexity index is 850. The SMILES string of the molecule is Cc1ccc2c(SNc3ccc(C#N)cc3F)n[nH]c2c1. The lowest BCUT2D eigenvalue weighted by molar-refractivity contribution is 0.632. The van der Waals surface area contributed by atoms with Crippen molar-refractivity contribution in [1.82, 2.24) is 10.2 Å². The molecule has 0 spiro atoms. The number of benzene rings is 2. The maximum atomic E-state index is 13.8. The number of hydrogen-bond acceptors (Lipinski definition) is 4. The van der Waals surface area contributed by atoms with E-state index < -0.39 is 5.82 Å². The number of aromatic amines is 1. The zero-order chi connectivity index (χ0) is 14.8. The Hall–Kier alpha value is -2.52. The number of nitriles is 1. The topological polar surface area (TPSA) is 64.5 Å². The summed E-state index contributed by atoms with van der Waals surface area (Å²) in [6.07, 6.45) is 0. The van der Waals surface area contributed by atoms with Gasteiger partial charge in [0.25, 0.3) is 0 Å². The van der Waals surface area contributed by atoms with Gasteiger partial charge in [-0.2, -0.15) is 10.4 Å². The molecule has 2 aromatic carbocycles. The van der Waals surface area contributed by atoms with Crippen LogP contribution in [-0.4, -0.2) is 10.2 Å². The molecule has 2 N–H and O–H groups in total. The maximum Gasteiger partial charge on any atom is 0.148 e. The normalized spacial score (nSPS) is 10.5. The van der Waals surface area contributed by atoms with Gasteiger partial charge in [-0.25, -0.2) is 4.39 Å². The number of nitrogens with one attached hydrogen (secondary N) is 2. The number of aromatic nitrogens is 2. The first-order valence-electron chi connectivity index (χ1n) is 6.24. The highest BCUT2D eigenvalue weighted by atomic mass is 32.2. The van der Waals surface area contributed by atoms with E-state index in [9.17, 15) is 4.39 Å². The van der Waals surface area contributed by atoms with Gasteiger partial charge in [0.15, 0.2) is 0 Å². The number of fused-ring (bicyclic) bond motifs is 1. The zero-order valence-electron chi connectivity index (χ0n) is 11.1. The molecule has 4 nitrogen and oxygen atoms in total. The lowest BCUT2D eigenvalue weighted by Crippen LogP contribution is -1.92. The van der Waals surface area contributed by atoms with Crippen LogP contribution in [0.15, 0.2) is 41.4 Å². The number of anilines is 1. The van der Waals surface area contributed by atoms with Gasteiger partial charge in [0, 0.05) is 17.3 Å². The van der Waals surface area contributed by atoms with Gasteiger partial charge in [0.05, 0.1) is 22.8 Å². The molecular weight excluding hydrogens is 287 g/mol. The van der Waals surface area contributed by atoms with Crippen LogP contribution in [0, 0.1) is 24.1 Å². The minimum Gasteiger partial charge on any atom is -0.322 e. The van der Waals surface area contributed by atoms with Crippen LogP contribution < -0.4 is 4.72 Å².